The Balaban J connectivity index is 3.03. The molecule has 0 atom stereocenters. The first-order chi connectivity index (χ1) is 7.20. The summed E-state index contributed by atoms with van der Waals surface area (Å²) in [5, 5.41) is 3.64. The molecule has 1 rings (SSSR count). The van der Waals surface area contributed by atoms with E-state index in [-0.39, 0.29) is 12.2 Å². The molecular formula is C10H11NO4. The van der Waals surface area contributed by atoms with Crippen molar-refractivity contribution in [2.75, 3.05) is 6.61 Å². The maximum atomic E-state index is 11.5. The van der Waals surface area contributed by atoms with Gasteiger partial charge in [0.15, 0.2) is 0 Å². The molecule has 0 N–H and O–H groups in total. The average Bonchev–Trinajstić information content (AvgIpc) is 2.57. The fraction of sp³-hybridized carbons (Fsp3) is 0.300. The van der Waals surface area contributed by atoms with Gasteiger partial charge in [0.2, 0.25) is 0 Å². The van der Waals surface area contributed by atoms with E-state index in [0.29, 0.717) is 17.7 Å². The van der Waals surface area contributed by atoms with Crippen LogP contribution in [-0.2, 0) is 9.53 Å². The van der Waals surface area contributed by atoms with Crippen molar-refractivity contribution in [2.45, 2.75) is 13.8 Å². The first kappa shape index (κ1) is 11.2. The van der Waals surface area contributed by atoms with Crippen LogP contribution in [0.2, 0.25) is 0 Å². The number of aromatic nitrogens is 1. The molecule has 0 fully saturated rings. The molecular weight excluding hydrogens is 198 g/mol. The predicted molar refractivity (Wildman–Crippen MR) is 52.3 cm³/mol. The number of hydrogen-bond donors (Lipinski definition) is 0. The van der Waals surface area contributed by atoms with Crippen molar-refractivity contribution in [1.29, 1.82) is 0 Å². The molecule has 0 aliphatic carbocycles. The van der Waals surface area contributed by atoms with E-state index >= 15 is 0 Å². The Morgan fingerprint density at radius 1 is 1.60 bits per heavy atom. The van der Waals surface area contributed by atoms with E-state index in [2.05, 4.69) is 5.16 Å². The maximum Gasteiger partial charge on any atom is 0.344 e. The highest BCUT2D eigenvalue weighted by Gasteiger charge is 2.19. The predicted octanol–water partition coefficient (Wildman–Crippen LogP) is 1.37. The Hall–Kier alpha value is -1.91. The van der Waals surface area contributed by atoms with Crippen molar-refractivity contribution in [3.63, 3.8) is 0 Å². The summed E-state index contributed by atoms with van der Waals surface area (Å²) in [5.41, 5.74) is 0.563. The Morgan fingerprint density at radius 3 is 2.93 bits per heavy atom. The number of nitrogens with zero attached hydrogens (tertiary/aromatic N) is 1. The van der Waals surface area contributed by atoms with Crippen LogP contribution in [0.15, 0.2) is 10.6 Å². The van der Waals surface area contributed by atoms with Gasteiger partial charge in [-0.3, -0.25) is 4.79 Å². The van der Waals surface area contributed by atoms with Gasteiger partial charge < -0.3 is 9.26 Å². The molecule has 1 aromatic rings. The molecule has 0 aliphatic heterocycles. The van der Waals surface area contributed by atoms with Crippen LogP contribution in [0.4, 0.5) is 0 Å². The molecule has 0 saturated heterocycles. The van der Waals surface area contributed by atoms with Gasteiger partial charge in [0.1, 0.15) is 23.3 Å². The van der Waals surface area contributed by atoms with Crippen LogP contribution < -0.4 is 0 Å². The zero-order valence-corrected chi connectivity index (χ0v) is 8.52. The molecule has 80 valence electrons. The Labute approximate surface area is 86.7 Å². The van der Waals surface area contributed by atoms with Crippen LogP contribution >= 0.6 is 0 Å². The van der Waals surface area contributed by atoms with Gasteiger partial charge in [-0.15, -0.1) is 0 Å². The van der Waals surface area contributed by atoms with Crippen LogP contribution in [0.25, 0.3) is 6.08 Å². The molecule has 0 radical (unpaired) electrons. The van der Waals surface area contributed by atoms with Crippen LogP contribution in [-0.4, -0.2) is 24.0 Å². The molecule has 15 heavy (non-hydrogen) atoms. The second kappa shape index (κ2) is 5.09. The number of aldehydes is 1. The van der Waals surface area contributed by atoms with Crippen LogP contribution in [0.3, 0.4) is 0 Å². The van der Waals surface area contributed by atoms with Crippen LogP contribution in [0.5, 0.6) is 0 Å². The lowest BCUT2D eigenvalue weighted by Gasteiger charge is -1.99. The maximum absolute atomic E-state index is 11.5. The molecule has 0 bridgehead atoms. The average molecular weight is 209 g/mol. The minimum absolute atomic E-state index is 0.259. The largest absolute Gasteiger partial charge is 0.462 e. The minimum atomic E-state index is -0.498. The topological polar surface area (TPSA) is 69.4 Å². The number of carbonyl (C=O) groups is 2. The van der Waals surface area contributed by atoms with Crippen LogP contribution in [0, 0.1) is 6.92 Å². The van der Waals surface area contributed by atoms with Gasteiger partial charge in [-0.1, -0.05) is 5.16 Å². The monoisotopic (exact) mass is 209 g/mol. The first-order valence-electron chi connectivity index (χ1n) is 4.46. The van der Waals surface area contributed by atoms with Gasteiger partial charge in [-0.05, 0) is 26.0 Å². The van der Waals surface area contributed by atoms with E-state index in [4.69, 9.17) is 9.26 Å². The standard InChI is InChI=1S/C10H11NO4/c1-3-14-10(13)9-7(2)15-11-8(9)5-4-6-12/h4-6H,3H2,1-2H3/b5-4+. The van der Waals surface area contributed by atoms with Gasteiger partial charge >= 0.3 is 5.97 Å². The third-order valence-corrected chi connectivity index (χ3v) is 1.70. The van der Waals surface area contributed by atoms with Gasteiger partial charge in [0.25, 0.3) is 0 Å². The summed E-state index contributed by atoms with van der Waals surface area (Å²) < 4.78 is 9.67. The zero-order valence-electron chi connectivity index (χ0n) is 8.52. The smallest absolute Gasteiger partial charge is 0.344 e. The fourth-order valence-electron chi connectivity index (χ4n) is 1.09. The highest BCUT2D eigenvalue weighted by atomic mass is 16.5. The summed E-state index contributed by atoms with van der Waals surface area (Å²) >= 11 is 0. The van der Waals surface area contributed by atoms with Gasteiger partial charge in [0.05, 0.1) is 6.61 Å². The summed E-state index contributed by atoms with van der Waals surface area (Å²) in [6.07, 6.45) is 3.23. The SMILES string of the molecule is CCOC(=O)c1c(/C=C/C=O)noc1C. The van der Waals surface area contributed by atoms with Gasteiger partial charge in [0, 0.05) is 0 Å². The fourth-order valence-corrected chi connectivity index (χ4v) is 1.09. The zero-order chi connectivity index (χ0) is 11.3. The molecule has 5 heteroatoms. The lowest BCUT2D eigenvalue weighted by molar-refractivity contribution is -0.104. The Morgan fingerprint density at radius 2 is 2.33 bits per heavy atom. The Bertz CT molecular complexity index is 392. The molecule has 0 aromatic carbocycles. The van der Waals surface area contributed by atoms with Gasteiger partial charge in [-0.2, -0.15) is 0 Å². The molecule has 0 saturated carbocycles. The number of aryl methyl sites for hydroxylation is 1. The number of ether oxygens (including phenoxy) is 1. The molecule has 0 unspecified atom stereocenters. The molecule has 1 aromatic heterocycles. The van der Waals surface area contributed by atoms with Crippen molar-refractivity contribution in [3.8, 4) is 0 Å². The van der Waals surface area contributed by atoms with E-state index in [0.717, 1.165) is 0 Å². The first-order valence-corrected chi connectivity index (χ1v) is 4.46. The summed E-state index contributed by atoms with van der Waals surface area (Å²) in [4.78, 5) is 21.6. The summed E-state index contributed by atoms with van der Waals surface area (Å²) in [6.45, 7) is 3.60. The summed E-state index contributed by atoms with van der Waals surface area (Å²) in [7, 11) is 0. The van der Waals surface area contributed by atoms with Crippen molar-refractivity contribution in [3.05, 3.63) is 23.1 Å². The highest BCUT2D eigenvalue weighted by molar-refractivity contribution is 5.94. The lowest BCUT2D eigenvalue weighted by Crippen LogP contribution is -2.06. The Kier molecular flexibility index (Phi) is 3.79. The van der Waals surface area contributed by atoms with Crippen LogP contribution in [0.1, 0.15) is 28.7 Å². The van der Waals surface area contributed by atoms with E-state index in [1.807, 2.05) is 0 Å². The number of carbonyl (C=O) groups excluding carboxylic acids is 2. The van der Waals surface area contributed by atoms with Crippen molar-refractivity contribution >= 4 is 18.3 Å². The lowest BCUT2D eigenvalue weighted by atomic mass is 10.2. The third kappa shape index (κ3) is 2.52. The van der Waals surface area contributed by atoms with Crippen molar-refractivity contribution in [1.82, 2.24) is 5.16 Å². The molecule has 5 nitrogen and oxygen atoms in total. The van der Waals surface area contributed by atoms with E-state index in [1.54, 1.807) is 13.8 Å². The third-order valence-electron chi connectivity index (χ3n) is 1.70. The normalized spacial score (nSPS) is 10.5. The second-order valence-corrected chi connectivity index (χ2v) is 2.71. The molecule has 0 aliphatic rings. The minimum Gasteiger partial charge on any atom is -0.462 e. The number of rotatable bonds is 4. The summed E-state index contributed by atoms with van der Waals surface area (Å²) in [5.74, 6) is -0.124. The van der Waals surface area contributed by atoms with E-state index in [9.17, 15) is 9.59 Å². The second-order valence-electron chi connectivity index (χ2n) is 2.71. The number of hydrogen-bond acceptors (Lipinski definition) is 5. The number of allylic oxidation sites excluding steroid dienone is 1. The molecule has 0 amide bonds. The quantitative estimate of drug-likeness (QED) is 0.425. The molecule has 1 heterocycles. The van der Waals surface area contributed by atoms with Crippen molar-refractivity contribution in [2.24, 2.45) is 0 Å². The van der Waals surface area contributed by atoms with E-state index in [1.165, 1.54) is 12.2 Å². The van der Waals surface area contributed by atoms with Gasteiger partial charge in [-0.25, -0.2) is 4.79 Å². The molecule has 0 spiro atoms. The number of esters is 1. The van der Waals surface area contributed by atoms with Crippen molar-refractivity contribution < 1.29 is 18.8 Å². The highest BCUT2D eigenvalue weighted by Crippen LogP contribution is 2.15. The van der Waals surface area contributed by atoms with E-state index < -0.39 is 5.97 Å². The summed E-state index contributed by atoms with van der Waals surface area (Å²) in [6, 6.07) is 0.